The van der Waals surface area contributed by atoms with E-state index in [-0.39, 0.29) is 18.4 Å². The van der Waals surface area contributed by atoms with Crippen molar-refractivity contribution >= 4 is 46.0 Å². The number of likely N-dealkylation sites (N-methyl/N-ethyl adjacent to an activating group) is 1. The van der Waals surface area contributed by atoms with E-state index in [1.165, 1.54) is 18.7 Å². The first kappa shape index (κ1) is 30.9. The van der Waals surface area contributed by atoms with Crippen molar-refractivity contribution < 1.29 is 9.53 Å². The number of nitrogens with zero attached hydrogens (tertiary/aromatic N) is 10. The lowest BCUT2D eigenvalue weighted by atomic mass is 10.0. The number of aromatic nitrogens is 5. The van der Waals surface area contributed by atoms with Crippen molar-refractivity contribution in [2.24, 2.45) is 0 Å². The Bertz CT molecular complexity index is 1820. The van der Waals surface area contributed by atoms with Crippen LogP contribution in [-0.2, 0) is 17.8 Å². The smallest absolute Gasteiger partial charge is 0.318 e. The van der Waals surface area contributed by atoms with Crippen LogP contribution in [-0.4, -0.2) is 98.9 Å². The van der Waals surface area contributed by atoms with Gasteiger partial charge in [-0.25, -0.2) is 0 Å². The van der Waals surface area contributed by atoms with Crippen molar-refractivity contribution in [3.63, 3.8) is 0 Å². The number of likely N-dealkylation sites (tertiary alicyclic amines) is 1. The number of halogens is 1. The molecule has 3 aliphatic rings. The monoisotopic (exact) mass is 652 g/mol. The van der Waals surface area contributed by atoms with E-state index < -0.39 is 0 Å². The highest BCUT2D eigenvalue weighted by Crippen LogP contribution is 2.37. The lowest BCUT2D eigenvalue weighted by Crippen LogP contribution is -2.55. The van der Waals surface area contributed by atoms with Crippen LogP contribution in [0.4, 0.5) is 11.5 Å². The summed E-state index contributed by atoms with van der Waals surface area (Å²) in [6.45, 7) is 4.46. The summed E-state index contributed by atoms with van der Waals surface area (Å²) in [5.41, 5.74) is 3.09. The van der Waals surface area contributed by atoms with Gasteiger partial charge in [-0.15, -0.1) is 10.2 Å². The Morgan fingerprint density at radius 2 is 1.89 bits per heavy atom. The van der Waals surface area contributed by atoms with Crippen molar-refractivity contribution in [1.82, 2.24) is 34.5 Å². The van der Waals surface area contributed by atoms with Gasteiger partial charge in [0, 0.05) is 61.1 Å². The van der Waals surface area contributed by atoms with Crippen molar-refractivity contribution in [1.29, 1.82) is 5.26 Å². The lowest BCUT2D eigenvalue weighted by molar-refractivity contribution is -0.128. The first-order valence-corrected chi connectivity index (χ1v) is 16.5. The molecule has 12 nitrogen and oxygen atoms in total. The molecule has 0 aliphatic carbocycles. The molecule has 3 aliphatic heterocycles. The number of anilines is 2. The van der Waals surface area contributed by atoms with Crippen LogP contribution < -0.4 is 14.5 Å². The van der Waals surface area contributed by atoms with Gasteiger partial charge < -0.3 is 24.3 Å². The zero-order valence-corrected chi connectivity index (χ0v) is 27.1. The average Bonchev–Trinajstić information content (AvgIpc) is 3.77. The fourth-order valence-corrected chi connectivity index (χ4v) is 7.25. The van der Waals surface area contributed by atoms with Crippen LogP contribution in [0.5, 0.6) is 6.01 Å². The quantitative estimate of drug-likeness (QED) is 0.258. The number of benzene rings is 2. The molecule has 0 radical (unpaired) electrons. The number of carbonyl (C=O) groups excluding carboxylic acids is 1. The van der Waals surface area contributed by atoms with Crippen molar-refractivity contribution in [2.45, 2.75) is 44.3 Å². The summed E-state index contributed by atoms with van der Waals surface area (Å²) in [4.78, 5) is 31.9. The largest absolute Gasteiger partial charge is 0.462 e. The zero-order valence-electron chi connectivity index (χ0n) is 26.4. The second-order valence-electron chi connectivity index (χ2n) is 12.3. The molecule has 13 heteroatoms. The average molecular weight is 653 g/mol. The molecule has 4 aromatic rings. The van der Waals surface area contributed by atoms with Gasteiger partial charge in [-0.05, 0) is 50.4 Å². The summed E-state index contributed by atoms with van der Waals surface area (Å²) in [7, 11) is 2.13. The van der Waals surface area contributed by atoms with Gasteiger partial charge in [-0.3, -0.25) is 9.36 Å². The number of carbonyl (C=O) groups is 1. The maximum absolute atomic E-state index is 13.2. The molecule has 0 unspecified atom stereocenters. The molecule has 0 N–H and O–H groups in total. The number of rotatable bonds is 8. The Morgan fingerprint density at radius 3 is 2.68 bits per heavy atom. The molecule has 2 fully saturated rings. The first-order chi connectivity index (χ1) is 23.0. The number of fused-ring (bicyclic) bond motifs is 2. The number of ether oxygens (including phenoxy) is 1. The molecular weight excluding hydrogens is 616 g/mol. The highest BCUT2D eigenvalue weighted by molar-refractivity contribution is 6.36. The number of piperazine rings is 1. The third-order valence-electron chi connectivity index (χ3n) is 9.49. The van der Waals surface area contributed by atoms with Crippen LogP contribution in [0.15, 0.2) is 55.1 Å². The van der Waals surface area contributed by atoms with Crippen LogP contribution in [0.1, 0.15) is 30.5 Å². The summed E-state index contributed by atoms with van der Waals surface area (Å²) in [6.07, 6.45) is 9.35. The Hall–Kier alpha value is -4.73. The summed E-state index contributed by atoms with van der Waals surface area (Å²) in [6, 6.07) is 15.0. The van der Waals surface area contributed by atoms with Crippen LogP contribution in [0.3, 0.4) is 0 Å². The predicted molar refractivity (Wildman–Crippen MR) is 180 cm³/mol. The molecule has 1 amide bonds. The molecule has 2 aromatic heterocycles. The zero-order chi connectivity index (χ0) is 32.3. The molecular formula is C34H37ClN10O2. The van der Waals surface area contributed by atoms with Gasteiger partial charge in [-0.1, -0.05) is 35.9 Å². The highest BCUT2D eigenvalue weighted by atomic mass is 35.5. The molecule has 0 spiro atoms. The van der Waals surface area contributed by atoms with E-state index in [1.54, 1.807) is 15.7 Å². The van der Waals surface area contributed by atoms with E-state index in [4.69, 9.17) is 26.3 Å². The predicted octanol–water partition coefficient (Wildman–Crippen LogP) is 4.01. The Labute approximate surface area is 278 Å². The van der Waals surface area contributed by atoms with Gasteiger partial charge in [0.2, 0.25) is 5.91 Å². The summed E-state index contributed by atoms with van der Waals surface area (Å²) < 4.78 is 7.93. The van der Waals surface area contributed by atoms with Crippen LogP contribution in [0, 0.1) is 11.3 Å². The molecule has 47 heavy (non-hydrogen) atoms. The number of hydrogen-bond acceptors (Lipinski definition) is 10. The van der Waals surface area contributed by atoms with Gasteiger partial charge in [0.25, 0.3) is 0 Å². The van der Waals surface area contributed by atoms with E-state index in [1.807, 2.05) is 12.1 Å². The second-order valence-corrected chi connectivity index (χ2v) is 12.8. The normalized spacial score (nSPS) is 20.1. The molecule has 2 aromatic carbocycles. The molecule has 0 saturated carbocycles. The molecule has 5 heterocycles. The van der Waals surface area contributed by atoms with Crippen molar-refractivity contribution in [3.05, 3.63) is 71.4 Å². The summed E-state index contributed by atoms with van der Waals surface area (Å²) in [5, 5.41) is 20.1. The van der Waals surface area contributed by atoms with Crippen molar-refractivity contribution in [3.8, 4) is 12.1 Å². The van der Waals surface area contributed by atoms with Crippen LogP contribution in [0.25, 0.3) is 17.0 Å². The van der Waals surface area contributed by atoms with Crippen LogP contribution in [0.2, 0.25) is 5.02 Å². The standard InChI is InChI=1S/C34H37ClN10O2/c1-41-14-4-7-26(41)21-47-34-39-29-20-43(30-9-3-6-24-5-2-8-28(35)32(24)30)16-11-27(29)33(40-34)44-17-18-45(25(19-44)10-13-36)31(46)12-15-42-22-37-38-23-42/h2-3,5-6,8-9,12,15,22-23,25-26H,4,7,10-11,14,16-21H2,1H3/b15-12+/t25-,26-/m0/s1. The third kappa shape index (κ3) is 6.46. The Morgan fingerprint density at radius 1 is 1.06 bits per heavy atom. The van der Waals surface area contributed by atoms with Gasteiger partial charge in [0.05, 0.1) is 35.8 Å². The van der Waals surface area contributed by atoms with E-state index in [9.17, 15) is 10.1 Å². The molecule has 242 valence electrons. The topological polar surface area (TPSA) is 120 Å². The fourth-order valence-electron chi connectivity index (χ4n) is 6.97. The first-order valence-electron chi connectivity index (χ1n) is 16.1. The SMILES string of the molecule is CN1CCC[C@H]1COc1nc2c(c(N3CCN(C(=O)/C=C/n4cnnc4)[C@@H](CC#N)C3)n1)CCN(c1cccc3cccc(Cl)c13)C2. The summed E-state index contributed by atoms with van der Waals surface area (Å²) >= 11 is 6.72. The van der Waals surface area contributed by atoms with E-state index in [0.717, 1.165) is 70.9 Å². The Balaban J connectivity index is 1.18. The van der Waals surface area contributed by atoms with Crippen molar-refractivity contribution in [2.75, 3.05) is 56.2 Å². The minimum absolute atomic E-state index is 0.155. The summed E-state index contributed by atoms with van der Waals surface area (Å²) in [5.74, 6) is 0.674. The van der Waals surface area contributed by atoms with Gasteiger partial charge in [-0.2, -0.15) is 15.2 Å². The number of nitriles is 1. The van der Waals surface area contributed by atoms with Gasteiger partial charge in [0.1, 0.15) is 25.1 Å². The maximum atomic E-state index is 13.2. The molecule has 2 atom stereocenters. The van der Waals surface area contributed by atoms with Gasteiger partial charge >= 0.3 is 6.01 Å². The maximum Gasteiger partial charge on any atom is 0.318 e. The highest BCUT2D eigenvalue weighted by Gasteiger charge is 2.34. The van der Waals surface area contributed by atoms with E-state index in [0.29, 0.717) is 44.8 Å². The molecule has 7 rings (SSSR count). The number of amides is 1. The number of hydrogen-bond donors (Lipinski definition) is 0. The lowest BCUT2D eigenvalue weighted by Gasteiger charge is -2.42. The third-order valence-corrected chi connectivity index (χ3v) is 9.80. The van der Waals surface area contributed by atoms with Gasteiger partial charge in [0.15, 0.2) is 0 Å². The van der Waals surface area contributed by atoms with E-state index in [2.05, 4.69) is 62.3 Å². The molecule has 0 bridgehead atoms. The second kappa shape index (κ2) is 13.6. The fraction of sp³-hybridized carbons (Fsp3) is 0.412. The van der Waals surface area contributed by atoms with E-state index >= 15 is 0 Å². The molecule has 2 saturated heterocycles. The van der Waals surface area contributed by atoms with Crippen LogP contribution >= 0.6 is 11.6 Å². The minimum Gasteiger partial charge on any atom is -0.462 e. The minimum atomic E-state index is -0.299. The Kier molecular flexibility index (Phi) is 8.91.